The smallest absolute Gasteiger partial charge is 0.135 e. The molecule has 7 aromatic rings. The highest BCUT2D eigenvalue weighted by atomic mass is 16.3. The summed E-state index contributed by atoms with van der Waals surface area (Å²) in [5.74, 6) is 3.61. The number of nitrogens with one attached hydrogen (secondary N) is 1. The molecule has 5 heteroatoms. The van der Waals surface area contributed by atoms with Gasteiger partial charge in [0.1, 0.15) is 29.5 Å². The minimum Gasteiger partial charge on any atom is -0.461 e. The van der Waals surface area contributed by atoms with Gasteiger partial charge in [-0.1, -0.05) is 146 Å². The van der Waals surface area contributed by atoms with E-state index in [1.54, 1.807) is 5.57 Å². The van der Waals surface area contributed by atoms with Crippen LogP contribution >= 0.6 is 0 Å². The Morgan fingerprint density at radius 1 is 0.743 bits per heavy atom. The van der Waals surface area contributed by atoms with Gasteiger partial charge in [-0.2, -0.15) is 0 Å². The predicted molar refractivity (Wildman–Crippen MR) is 286 cm³/mol. The second kappa shape index (κ2) is 16.7. The molecule has 6 unspecified atom stereocenters. The Balaban J connectivity index is 0.946. The largest absolute Gasteiger partial charge is 0.461 e. The molecule has 2 aliphatic heterocycles. The molecule has 5 nitrogen and oxygen atoms in total. The highest BCUT2D eigenvalue weighted by molar-refractivity contribution is 6.01. The maximum Gasteiger partial charge on any atom is 0.135 e. The van der Waals surface area contributed by atoms with E-state index in [0.29, 0.717) is 11.8 Å². The first kappa shape index (κ1) is 41.7. The molecule has 0 saturated carbocycles. The average molecular weight is 911 g/mol. The van der Waals surface area contributed by atoms with E-state index in [9.17, 15) is 0 Å². The molecule has 0 saturated heterocycles. The number of furan rings is 1. The zero-order chi connectivity index (χ0) is 46.5. The fourth-order valence-electron chi connectivity index (χ4n) is 13.3. The second-order valence-corrected chi connectivity index (χ2v) is 20.9. The Bertz CT molecular complexity index is 3410. The molecule has 0 bridgehead atoms. The molecule has 1 N–H and O–H groups in total. The maximum atomic E-state index is 6.95. The normalized spacial score (nSPS) is 24.5. The summed E-state index contributed by atoms with van der Waals surface area (Å²) in [5, 5.41) is 5.54. The third-order valence-electron chi connectivity index (χ3n) is 16.7. The van der Waals surface area contributed by atoms with Crippen LogP contribution in [-0.2, 0) is 12.8 Å². The highest BCUT2D eigenvalue weighted by Crippen LogP contribution is 2.64. The van der Waals surface area contributed by atoms with E-state index in [4.69, 9.17) is 9.41 Å². The molecule has 5 aliphatic carbocycles. The van der Waals surface area contributed by atoms with Crippen LogP contribution in [0.2, 0.25) is 0 Å². The average Bonchev–Trinajstić information content (AvgIpc) is 3.75. The molecule has 0 fully saturated rings. The molecule has 6 aromatic carbocycles. The zero-order valence-corrected chi connectivity index (χ0v) is 40.1. The van der Waals surface area contributed by atoms with Crippen LogP contribution in [0.1, 0.15) is 126 Å². The zero-order valence-electron chi connectivity index (χ0n) is 40.1. The number of aryl methyl sites for hydroxylation is 1. The van der Waals surface area contributed by atoms with Crippen LogP contribution < -0.4 is 10.2 Å². The van der Waals surface area contributed by atoms with Crippen LogP contribution in [0.4, 0.5) is 11.4 Å². The van der Waals surface area contributed by atoms with Gasteiger partial charge in [-0.3, -0.25) is 5.32 Å². The molecule has 1 aromatic heterocycles. The van der Waals surface area contributed by atoms with E-state index in [0.717, 1.165) is 49.9 Å². The summed E-state index contributed by atoms with van der Waals surface area (Å²) in [6.07, 6.45) is 17.8. The molecular formula is C65H58N4O. The van der Waals surface area contributed by atoms with Crippen molar-refractivity contribution in [1.29, 1.82) is 0 Å². The van der Waals surface area contributed by atoms with Gasteiger partial charge in [-0.15, -0.1) is 0 Å². The molecule has 14 rings (SSSR count). The number of hydrogen-bond donors (Lipinski definition) is 1. The van der Waals surface area contributed by atoms with Crippen molar-refractivity contribution in [2.24, 2.45) is 10.9 Å². The number of anilines is 2. The number of rotatable bonds is 8. The first-order valence-electron chi connectivity index (χ1n) is 25.9. The van der Waals surface area contributed by atoms with Gasteiger partial charge in [0.15, 0.2) is 0 Å². The summed E-state index contributed by atoms with van der Waals surface area (Å²) in [6.45, 7) is 2.37. The number of aliphatic imine (C=N–C) groups is 1. The number of likely N-dealkylation sites (N-methyl/N-ethyl adjacent to an activating group) is 1. The van der Waals surface area contributed by atoms with Crippen LogP contribution in [0, 0.1) is 5.92 Å². The number of para-hydroxylation sites is 1. The Morgan fingerprint density at radius 3 is 2.29 bits per heavy atom. The monoisotopic (exact) mass is 910 g/mol. The Morgan fingerprint density at radius 2 is 1.50 bits per heavy atom. The molecule has 70 heavy (non-hydrogen) atoms. The number of benzene rings is 6. The van der Waals surface area contributed by atoms with Crippen LogP contribution in [0.3, 0.4) is 0 Å². The fraction of sp³-hybridized carbons (Fsp3) is 0.246. The number of fused-ring (bicyclic) bond motifs is 8. The van der Waals surface area contributed by atoms with Gasteiger partial charge >= 0.3 is 0 Å². The molecule has 7 aliphatic rings. The van der Waals surface area contributed by atoms with E-state index in [-0.39, 0.29) is 24.2 Å². The summed E-state index contributed by atoms with van der Waals surface area (Å²) in [7, 11) is 2.29. The molecular weight excluding hydrogens is 853 g/mol. The Labute approximate surface area is 412 Å². The summed E-state index contributed by atoms with van der Waals surface area (Å²) in [6, 6.07) is 56.3. The third kappa shape index (κ3) is 6.88. The lowest BCUT2D eigenvalue weighted by atomic mass is 9.75. The number of nitrogens with zero attached hydrogens (tertiary/aromatic N) is 3. The summed E-state index contributed by atoms with van der Waals surface area (Å²) >= 11 is 0. The van der Waals surface area contributed by atoms with E-state index in [1.165, 1.54) is 108 Å². The molecule has 0 amide bonds. The van der Waals surface area contributed by atoms with Crippen LogP contribution in [-0.4, -0.2) is 17.8 Å². The molecule has 6 atom stereocenters. The fourth-order valence-corrected chi connectivity index (χ4v) is 13.3. The van der Waals surface area contributed by atoms with Gasteiger partial charge in [0, 0.05) is 53.2 Å². The van der Waals surface area contributed by atoms with Crippen LogP contribution in [0.15, 0.2) is 208 Å². The Kier molecular flexibility index (Phi) is 9.98. The first-order valence-corrected chi connectivity index (χ1v) is 25.9. The minimum atomic E-state index is -0.193. The van der Waals surface area contributed by atoms with E-state index in [2.05, 4.69) is 205 Å². The lowest BCUT2D eigenvalue weighted by molar-refractivity contribution is 0.253. The van der Waals surface area contributed by atoms with E-state index >= 15 is 0 Å². The highest BCUT2D eigenvalue weighted by Gasteiger charge is 2.48. The lowest BCUT2D eigenvalue weighted by Gasteiger charge is -2.42. The maximum absolute atomic E-state index is 6.95. The van der Waals surface area contributed by atoms with Crippen molar-refractivity contribution in [3.05, 3.63) is 249 Å². The molecule has 344 valence electrons. The van der Waals surface area contributed by atoms with Gasteiger partial charge in [-0.25, -0.2) is 4.99 Å². The number of allylic oxidation sites excluding steroid dienone is 8. The van der Waals surface area contributed by atoms with Crippen molar-refractivity contribution in [1.82, 2.24) is 10.2 Å². The third-order valence-corrected chi connectivity index (χ3v) is 16.7. The standard InChI is InChI=1S/C65H58N4O/c1-40-17-15-24-46(35-40)64-66-63(43-22-11-5-12-23-43)67-65(68(64)2)53-37-45(59-50(41-18-7-3-8-19-41)27-16-28-51(59)42-20-9-4-10-21-42)29-31-49(53)44-30-33-57-54(36-44)61-58(70-57)34-32-55-62(61)60-52-38-47(52)39-56(60)69(55)48-25-13-6-14-26-48/h3-14,16,18-23,25-27,29,31-32,34-35,37,39-40,44,51,60,63,65,67H,15,17,24,28,30,33,36,38H2,1-2H3. The van der Waals surface area contributed by atoms with Crippen molar-refractivity contribution in [3.8, 4) is 0 Å². The van der Waals surface area contributed by atoms with E-state index in [1.807, 2.05) is 0 Å². The Hall–Kier alpha value is -7.21. The first-order chi connectivity index (χ1) is 34.5. The van der Waals surface area contributed by atoms with E-state index < -0.39 is 0 Å². The summed E-state index contributed by atoms with van der Waals surface area (Å²) < 4.78 is 6.95. The number of hydrogen-bond acceptors (Lipinski definition) is 5. The summed E-state index contributed by atoms with van der Waals surface area (Å²) in [5.41, 5.74) is 22.9. The van der Waals surface area contributed by atoms with Crippen molar-refractivity contribution in [3.63, 3.8) is 0 Å². The quantitative estimate of drug-likeness (QED) is 0.165. The van der Waals surface area contributed by atoms with Crippen molar-refractivity contribution >= 4 is 39.3 Å². The second-order valence-electron chi connectivity index (χ2n) is 20.9. The molecule has 0 spiro atoms. The molecule has 0 radical (unpaired) electrons. The topological polar surface area (TPSA) is 44.0 Å². The number of amidine groups is 1. The molecule has 3 heterocycles. The summed E-state index contributed by atoms with van der Waals surface area (Å²) in [4.78, 5) is 10.6. The van der Waals surface area contributed by atoms with Crippen molar-refractivity contribution in [2.75, 3.05) is 11.9 Å². The van der Waals surface area contributed by atoms with Crippen molar-refractivity contribution < 1.29 is 4.42 Å². The van der Waals surface area contributed by atoms with Crippen LogP contribution in [0.5, 0.6) is 0 Å². The van der Waals surface area contributed by atoms with Gasteiger partial charge in [0.2, 0.25) is 0 Å². The predicted octanol–water partition coefficient (Wildman–Crippen LogP) is 15.6. The minimum absolute atomic E-state index is 0.126. The van der Waals surface area contributed by atoms with Gasteiger partial charge in [-0.05, 0) is 154 Å². The van der Waals surface area contributed by atoms with Gasteiger partial charge in [0.05, 0.1) is 5.69 Å². The van der Waals surface area contributed by atoms with Crippen molar-refractivity contribution in [2.45, 2.75) is 88.4 Å². The SMILES string of the molecule is CC1C=C(C2=NC(c3ccccc3)NC(c3cc(C4=C(c5ccccc5)C=CCC4c4ccccc4)ccc3C3CCc4oc5ccc6c(c5c4C3)C3C(=CC4=C3C4)N6c3ccccc3)N2C)CCC1. The van der Waals surface area contributed by atoms with Gasteiger partial charge < -0.3 is 14.2 Å². The van der Waals surface area contributed by atoms with Crippen LogP contribution in [0.25, 0.3) is 22.1 Å². The lowest BCUT2D eigenvalue weighted by Crippen LogP contribution is -2.47. The van der Waals surface area contributed by atoms with Gasteiger partial charge in [0.25, 0.3) is 0 Å².